The SMILES string of the molecule is COc1cccc(CN2C(=O)c3ccc(Cc4ccc(F)c(Cl)c4)c4cccc2c34)c1. The van der Waals surface area contributed by atoms with E-state index in [-0.39, 0.29) is 10.9 Å². The predicted octanol–water partition coefficient (Wildman–Crippen LogP) is 6.39. The van der Waals surface area contributed by atoms with Gasteiger partial charge in [-0.25, -0.2) is 4.39 Å². The zero-order valence-corrected chi connectivity index (χ0v) is 17.6. The standard InChI is InChI=1S/C26H19ClFNO2/c1-31-19-5-2-4-17(13-19)15-29-24-7-3-6-20-18(9-10-21(25(20)24)26(29)30)12-16-8-11-23(28)22(27)14-16/h2-11,13-14H,12,15H2,1H3. The number of rotatable bonds is 5. The molecule has 4 aromatic rings. The monoisotopic (exact) mass is 431 g/mol. The van der Waals surface area contributed by atoms with E-state index < -0.39 is 5.82 Å². The number of ether oxygens (including phenoxy) is 1. The van der Waals surface area contributed by atoms with Crippen molar-refractivity contribution in [1.29, 1.82) is 0 Å². The number of amides is 1. The summed E-state index contributed by atoms with van der Waals surface area (Å²) < 4.78 is 18.9. The molecule has 5 rings (SSSR count). The van der Waals surface area contributed by atoms with Crippen molar-refractivity contribution in [3.05, 3.63) is 106 Å². The molecule has 0 saturated heterocycles. The van der Waals surface area contributed by atoms with Gasteiger partial charge >= 0.3 is 0 Å². The zero-order chi connectivity index (χ0) is 21.5. The molecular formula is C26H19ClFNO2. The molecule has 0 unspecified atom stereocenters. The smallest absolute Gasteiger partial charge is 0.259 e. The highest BCUT2D eigenvalue weighted by Gasteiger charge is 2.30. The summed E-state index contributed by atoms with van der Waals surface area (Å²) in [6.45, 7) is 0.465. The van der Waals surface area contributed by atoms with Gasteiger partial charge in [-0.15, -0.1) is 0 Å². The highest BCUT2D eigenvalue weighted by Crippen LogP contribution is 2.40. The number of carbonyl (C=O) groups excluding carboxylic acids is 1. The molecule has 0 spiro atoms. The van der Waals surface area contributed by atoms with Gasteiger partial charge in [0.2, 0.25) is 0 Å². The molecule has 154 valence electrons. The lowest BCUT2D eigenvalue weighted by atomic mass is 9.95. The molecule has 0 fully saturated rings. The quantitative estimate of drug-likeness (QED) is 0.366. The molecule has 4 aromatic carbocycles. The second-order valence-corrected chi connectivity index (χ2v) is 8.05. The third-order valence-corrected chi connectivity index (χ3v) is 6.02. The second-order valence-electron chi connectivity index (χ2n) is 7.64. The molecule has 0 saturated carbocycles. The minimum atomic E-state index is -0.426. The molecule has 0 radical (unpaired) electrons. The fourth-order valence-corrected chi connectivity index (χ4v) is 4.44. The number of hydrogen-bond donors (Lipinski definition) is 0. The summed E-state index contributed by atoms with van der Waals surface area (Å²) in [5.41, 5.74) is 4.59. The van der Waals surface area contributed by atoms with Gasteiger partial charge < -0.3 is 9.64 Å². The molecule has 1 aliphatic rings. The van der Waals surface area contributed by atoms with Crippen LogP contribution >= 0.6 is 11.6 Å². The minimum absolute atomic E-state index is 0.00889. The average molecular weight is 432 g/mol. The largest absolute Gasteiger partial charge is 0.497 e. The van der Waals surface area contributed by atoms with E-state index in [9.17, 15) is 9.18 Å². The summed E-state index contributed by atoms with van der Waals surface area (Å²) >= 11 is 5.96. The second kappa shape index (κ2) is 7.71. The Bertz CT molecular complexity index is 1330. The molecule has 0 N–H and O–H groups in total. The molecular weight excluding hydrogens is 413 g/mol. The van der Waals surface area contributed by atoms with E-state index in [0.717, 1.165) is 38.9 Å². The van der Waals surface area contributed by atoms with Crippen molar-refractivity contribution in [1.82, 2.24) is 0 Å². The highest BCUT2D eigenvalue weighted by atomic mass is 35.5. The predicted molar refractivity (Wildman–Crippen MR) is 122 cm³/mol. The van der Waals surface area contributed by atoms with Crippen molar-refractivity contribution in [3.8, 4) is 5.75 Å². The lowest BCUT2D eigenvalue weighted by Gasteiger charge is -2.18. The number of anilines is 1. The molecule has 1 aliphatic heterocycles. The van der Waals surface area contributed by atoms with Crippen molar-refractivity contribution in [2.24, 2.45) is 0 Å². The Hall–Kier alpha value is -3.37. The van der Waals surface area contributed by atoms with Crippen LogP contribution in [-0.2, 0) is 13.0 Å². The van der Waals surface area contributed by atoms with Crippen LogP contribution in [0.3, 0.4) is 0 Å². The Morgan fingerprint density at radius 3 is 2.61 bits per heavy atom. The number of carbonyl (C=O) groups is 1. The van der Waals surface area contributed by atoms with Crippen LogP contribution in [-0.4, -0.2) is 13.0 Å². The van der Waals surface area contributed by atoms with Crippen LogP contribution in [0.5, 0.6) is 5.75 Å². The van der Waals surface area contributed by atoms with Gasteiger partial charge in [0.05, 0.1) is 24.4 Å². The summed E-state index contributed by atoms with van der Waals surface area (Å²) in [6, 6.07) is 22.4. The Morgan fingerprint density at radius 1 is 0.968 bits per heavy atom. The maximum atomic E-state index is 13.5. The first-order valence-electron chi connectivity index (χ1n) is 9.98. The summed E-state index contributed by atoms with van der Waals surface area (Å²) in [7, 11) is 1.63. The van der Waals surface area contributed by atoms with Crippen LogP contribution in [0.15, 0.2) is 72.8 Å². The van der Waals surface area contributed by atoms with E-state index in [0.29, 0.717) is 18.5 Å². The topological polar surface area (TPSA) is 29.5 Å². The van der Waals surface area contributed by atoms with Crippen LogP contribution < -0.4 is 9.64 Å². The molecule has 1 amide bonds. The minimum Gasteiger partial charge on any atom is -0.497 e. The maximum absolute atomic E-state index is 13.5. The third kappa shape index (κ3) is 3.43. The van der Waals surface area contributed by atoms with Crippen LogP contribution in [0, 0.1) is 5.82 Å². The molecule has 3 nitrogen and oxygen atoms in total. The number of halogens is 2. The number of hydrogen-bond acceptors (Lipinski definition) is 2. The van der Waals surface area contributed by atoms with E-state index >= 15 is 0 Å². The first-order valence-corrected chi connectivity index (χ1v) is 10.4. The van der Waals surface area contributed by atoms with Crippen LogP contribution in [0.1, 0.15) is 27.0 Å². The molecule has 1 heterocycles. The normalized spacial score (nSPS) is 12.6. The fourth-order valence-electron chi connectivity index (χ4n) is 4.24. The number of benzene rings is 4. The maximum Gasteiger partial charge on any atom is 0.259 e. The molecule has 0 aromatic heterocycles. The number of nitrogens with zero attached hydrogens (tertiary/aromatic N) is 1. The van der Waals surface area contributed by atoms with Crippen molar-refractivity contribution in [2.45, 2.75) is 13.0 Å². The summed E-state index contributed by atoms with van der Waals surface area (Å²) in [4.78, 5) is 15.0. The van der Waals surface area contributed by atoms with E-state index in [1.807, 2.05) is 59.5 Å². The first-order chi connectivity index (χ1) is 15.0. The third-order valence-electron chi connectivity index (χ3n) is 5.73. The average Bonchev–Trinajstić information content (AvgIpc) is 3.05. The van der Waals surface area contributed by atoms with Crippen LogP contribution in [0.25, 0.3) is 10.8 Å². The Kier molecular flexibility index (Phi) is 4.87. The Labute approximate surface area is 184 Å². The molecule has 0 atom stereocenters. The summed E-state index contributed by atoms with van der Waals surface area (Å²) in [5.74, 6) is 0.329. The van der Waals surface area contributed by atoms with Gasteiger partial charge in [0.25, 0.3) is 5.91 Å². The lowest BCUT2D eigenvalue weighted by Crippen LogP contribution is -2.26. The van der Waals surface area contributed by atoms with E-state index in [4.69, 9.17) is 16.3 Å². The van der Waals surface area contributed by atoms with Crippen molar-refractivity contribution in [3.63, 3.8) is 0 Å². The first kappa shape index (κ1) is 19.6. The summed E-state index contributed by atoms with van der Waals surface area (Å²) in [6.07, 6.45) is 0.601. The van der Waals surface area contributed by atoms with Crippen molar-refractivity contribution in [2.75, 3.05) is 12.0 Å². The number of methoxy groups -OCH3 is 1. The molecule has 31 heavy (non-hydrogen) atoms. The fraction of sp³-hybridized carbons (Fsp3) is 0.115. The molecule has 0 aliphatic carbocycles. The molecule has 5 heteroatoms. The van der Waals surface area contributed by atoms with Gasteiger partial charge in [-0.05, 0) is 64.9 Å². The Balaban J connectivity index is 1.54. The Morgan fingerprint density at radius 2 is 1.81 bits per heavy atom. The molecule has 0 bridgehead atoms. The van der Waals surface area contributed by atoms with E-state index in [1.165, 1.54) is 6.07 Å². The van der Waals surface area contributed by atoms with E-state index in [2.05, 4.69) is 0 Å². The summed E-state index contributed by atoms with van der Waals surface area (Å²) in [5, 5.41) is 2.10. The van der Waals surface area contributed by atoms with Crippen LogP contribution in [0.4, 0.5) is 10.1 Å². The zero-order valence-electron chi connectivity index (χ0n) is 16.9. The van der Waals surface area contributed by atoms with Gasteiger partial charge in [-0.3, -0.25) is 4.79 Å². The van der Waals surface area contributed by atoms with Gasteiger partial charge in [0, 0.05) is 10.9 Å². The highest BCUT2D eigenvalue weighted by molar-refractivity contribution is 6.30. The lowest BCUT2D eigenvalue weighted by molar-refractivity contribution is 0.0991. The van der Waals surface area contributed by atoms with Gasteiger partial charge in [-0.2, -0.15) is 0 Å². The van der Waals surface area contributed by atoms with Crippen molar-refractivity contribution >= 4 is 34.0 Å². The van der Waals surface area contributed by atoms with E-state index in [1.54, 1.807) is 19.2 Å². The van der Waals surface area contributed by atoms with Crippen molar-refractivity contribution < 1.29 is 13.9 Å². The van der Waals surface area contributed by atoms with Gasteiger partial charge in [0.15, 0.2) is 0 Å². The van der Waals surface area contributed by atoms with Gasteiger partial charge in [-0.1, -0.05) is 48.0 Å². The van der Waals surface area contributed by atoms with Gasteiger partial charge in [0.1, 0.15) is 11.6 Å². The van der Waals surface area contributed by atoms with Crippen LogP contribution in [0.2, 0.25) is 5.02 Å².